The van der Waals surface area contributed by atoms with Crippen molar-refractivity contribution in [3.8, 4) is 11.4 Å². The quantitative estimate of drug-likeness (QED) is 0.937. The third-order valence-electron chi connectivity index (χ3n) is 3.23. The number of hydrogen-bond donors (Lipinski definition) is 1. The van der Waals surface area contributed by atoms with Crippen LogP contribution >= 0.6 is 11.6 Å². The molecule has 3 rings (SSSR count). The van der Waals surface area contributed by atoms with E-state index in [1.165, 1.54) is 18.9 Å². The first-order chi connectivity index (χ1) is 9.61. The molecular formula is C15H15ClFN3. The van der Waals surface area contributed by atoms with Crippen LogP contribution in [0.3, 0.4) is 0 Å². The van der Waals surface area contributed by atoms with Crippen molar-refractivity contribution in [3.05, 3.63) is 46.5 Å². The molecule has 0 atom stereocenters. The van der Waals surface area contributed by atoms with Gasteiger partial charge in [-0.05, 0) is 44.0 Å². The monoisotopic (exact) mass is 291 g/mol. The molecule has 1 heterocycles. The van der Waals surface area contributed by atoms with E-state index in [4.69, 9.17) is 11.6 Å². The summed E-state index contributed by atoms with van der Waals surface area (Å²) in [4.78, 5) is 8.92. The summed E-state index contributed by atoms with van der Waals surface area (Å²) >= 11 is 5.81. The fourth-order valence-corrected chi connectivity index (χ4v) is 2.21. The Morgan fingerprint density at radius 2 is 2.10 bits per heavy atom. The summed E-state index contributed by atoms with van der Waals surface area (Å²) in [6.45, 7) is 2.66. The highest BCUT2D eigenvalue weighted by atomic mass is 35.5. The van der Waals surface area contributed by atoms with Crippen LogP contribution in [0.2, 0.25) is 5.02 Å². The van der Waals surface area contributed by atoms with Crippen LogP contribution in [0.4, 0.5) is 4.39 Å². The number of aromatic nitrogens is 2. The Kier molecular flexibility index (Phi) is 3.68. The number of rotatable bonds is 4. The van der Waals surface area contributed by atoms with Crippen LogP contribution in [-0.4, -0.2) is 16.0 Å². The van der Waals surface area contributed by atoms with Crippen molar-refractivity contribution in [1.29, 1.82) is 0 Å². The predicted octanol–water partition coefficient (Wildman–Crippen LogP) is 3.50. The highest BCUT2D eigenvalue weighted by Crippen LogP contribution is 2.23. The molecule has 5 heteroatoms. The molecule has 0 radical (unpaired) electrons. The lowest BCUT2D eigenvalue weighted by atomic mass is 10.2. The lowest BCUT2D eigenvalue weighted by Gasteiger charge is -2.07. The third-order valence-corrected chi connectivity index (χ3v) is 3.52. The van der Waals surface area contributed by atoms with E-state index in [-0.39, 0.29) is 5.02 Å². The van der Waals surface area contributed by atoms with Crippen molar-refractivity contribution in [2.45, 2.75) is 32.4 Å². The van der Waals surface area contributed by atoms with Gasteiger partial charge in [0.2, 0.25) is 0 Å². The first-order valence-corrected chi connectivity index (χ1v) is 7.03. The molecule has 1 aliphatic carbocycles. The van der Waals surface area contributed by atoms with Gasteiger partial charge in [0.15, 0.2) is 5.82 Å². The van der Waals surface area contributed by atoms with E-state index in [1.807, 2.05) is 13.0 Å². The maximum Gasteiger partial charge on any atom is 0.159 e. The molecule has 0 aliphatic heterocycles. The molecule has 1 aliphatic rings. The molecular weight excluding hydrogens is 277 g/mol. The number of nitrogens with one attached hydrogen (secondary N) is 1. The largest absolute Gasteiger partial charge is 0.308 e. The van der Waals surface area contributed by atoms with E-state index >= 15 is 0 Å². The summed E-state index contributed by atoms with van der Waals surface area (Å²) < 4.78 is 13.2. The molecule has 0 bridgehead atoms. The zero-order valence-corrected chi connectivity index (χ0v) is 11.9. The molecule has 104 valence electrons. The average Bonchev–Trinajstić information content (AvgIpc) is 3.23. The van der Waals surface area contributed by atoms with Crippen LogP contribution in [0.1, 0.15) is 24.2 Å². The standard InChI is InChI=1S/C15H15ClFN3/c1-9-6-12(8-18-11-3-4-11)20-15(19-9)10-2-5-14(17)13(16)7-10/h2,5-7,11,18H,3-4,8H2,1H3. The molecule has 1 saturated carbocycles. The molecule has 1 aromatic heterocycles. The van der Waals surface area contributed by atoms with Crippen molar-refractivity contribution in [1.82, 2.24) is 15.3 Å². The maximum atomic E-state index is 13.2. The highest BCUT2D eigenvalue weighted by Gasteiger charge is 2.20. The van der Waals surface area contributed by atoms with E-state index in [1.54, 1.807) is 12.1 Å². The summed E-state index contributed by atoms with van der Waals surface area (Å²) in [5.74, 6) is 0.151. The van der Waals surface area contributed by atoms with Crippen LogP contribution < -0.4 is 5.32 Å². The highest BCUT2D eigenvalue weighted by molar-refractivity contribution is 6.31. The van der Waals surface area contributed by atoms with Gasteiger partial charge >= 0.3 is 0 Å². The SMILES string of the molecule is Cc1cc(CNC2CC2)nc(-c2ccc(F)c(Cl)c2)n1. The molecule has 0 unspecified atom stereocenters. The zero-order chi connectivity index (χ0) is 14.1. The minimum atomic E-state index is -0.432. The lowest BCUT2D eigenvalue weighted by molar-refractivity contribution is 0.628. The predicted molar refractivity (Wildman–Crippen MR) is 77.0 cm³/mol. The van der Waals surface area contributed by atoms with Crippen molar-refractivity contribution >= 4 is 11.6 Å². The van der Waals surface area contributed by atoms with E-state index in [0.29, 0.717) is 11.9 Å². The first kappa shape index (κ1) is 13.5. The van der Waals surface area contributed by atoms with Crippen LogP contribution in [0.15, 0.2) is 24.3 Å². The van der Waals surface area contributed by atoms with Gasteiger partial charge in [-0.3, -0.25) is 0 Å². The summed E-state index contributed by atoms with van der Waals surface area (Å²) in [5.41, 5.74) is 2.57. The fourth-order valence-electron chi connectivity index (χ4n) is 2.02. The van der Waals surface area contributed by atoms with Gasteiger partial charge < -0.3 is 5.32 Å². The Bertz CT molecular complexity index is 641. The second-order valence-corrected chi connectivity index (χ2v) is 5.52. The normalized spacial score (nSPS) is 14.6. The molecule has 1 fully saturated rings. The molecule has 1 aromatic carbocycles. The van der Waals surface area contributed by atoms with E-state index in [0.717, 1.165) is 23.5 Å². The van der Waals surface area contributed by atoms with Gasteiger partial charge in [0.05, 0.1) is 10.7 Å². The fraction of sp³-hybridized carbons (Fsp3) is 0.333. The molecule has 0 saturated heterocycles. The summed E-state index contributed by atoms with van der Waals surface area (Å²) in [7, 11) is 0. The van der Waals surface area contributed by atoms with Crippen molar-refractivity contribution in [2.24, 2.45) is 0 Å². The topological polar surface area (TPSA) is 37.8 Å². The van der Waals surface area contributed by atoms with Crippen molar-refractivity contribution in [2.75, 3.05) is 0 Å². The number of halogens is 2. The number of benzene rings is 1. The van der Waals surface area contributed by atoms with Crippen LogP contribution in [0, 0.1) is 12.7 Å². The van der Waals surface area contributed by atoms with Gasteiger partial charge in [-0.25, -0.2) is 14.4 Å². The second-order valence-electron chi connectivity index (χ2n) is 5.11. The summed E-state index contributed by atoms with van der Waals surface area (Å²) in [5, 5.41) is 3.51. The lowest BCUT2D eigenvalue weighted by Crippen LogP contribution is -2.16. The maximum absolute atomic E-state index is 13.2. The smallest absolute Gasteiger partial charge is 0.159 e. The number of nitrogens with zero attached hydrogens (tertiary/aromatic N) is 2. The van der Waals surface area contributed by atoms with Gasteiger partial charge in [-0.15, -0.1) is 0 Å². The minimum Gasteiger partial charge on any atom is -0.308 e. The average molecular weight is 292 g/mol. The van der Waals surface area contributed by atoms with Crippen molar-refractivity contribution < 1.29 is 4.39 Å². The first-order valence-electron chi connectivity index (χ1n) is 6.65. The summed E-state index contributed by atoms with van der Waals surface area (Å²) in [6, 6.07) is 7.14. The van der Waals surface area contributed by atoms with E-state index < -0.39 is 5.82 Å². The Labute approximate surface area is 122 Å². The third kappa shape index (κ3) is 3.14. The van der Waals surface area contributed by atoms with Gasteiger partial charge in [0.25, 0.3) is 0 Å². The number of aryl methyl sites for hydroxylation is 1. The molecule has 1 N–H and O–H groups in total. The second kappa shape index (κ2) is 5.46. The van der Waals surface area contributed by atoms with Gasteiger partial charge in [0.1, 0.15) is 5.82 Å². The van der Waals surface area contributed by atoms with Crippen LogP contribution in [0.5, 0.6) is 0 Å². The Balaban J connectivity index is 1.88. The van der Waals surface area contributed by atoms with Crippen molar-refractivity contribution in [3.63, 3.8) is 0 Å². The summed E-state index contributed by atoms with van der Waals surface area (Å²) in [6.07, 6.45) is 2.48. The Morgan fingerprint density at radius 3 is 2.80 bits per heavy atom. The van der Waals surface area contributed by atoms with Crippen LogP contribution in [-0.2, 0) is 6.54 Å². The zero-order valence-electron chi connectivity index (χ0n) is 11.2. The molecule has 2 aromatic rings. The molecule has 0 amide bonds. The molecule has 20 heavy (non-hydrogen) atoms. The van der Waals surface area contributed by atoms with Gasteiger partial charge in [-0.1, -0.05) is 11.6 Å². The molecule has 0 spiro atoms. The Morgan fingerprint density at radius 1 is 1.30 bits per heavy atom. The Hall–Kier alpha value is -1.52. The van der Waals surface area contributed by atoms with Crippen LogP contribution in [0.25, 0.3) is 11.4 Å². The minimum absolute atomic E-state index is 0.0882. The molecule has 3 nitrogen and oxygen atoms in total. The van der Waals surface area contributed by atoms with Gasteiger partial charge in [0, 0.05) is 23.8 Å². The van der Waals surface area contributed by atoms with E-state index in [9.17, 15) is 4.39 Å². The van der Waals surface area contributed by atoms with Gasteiger partial charge in [-0.2, -0.15) is 0 Å². The van der Waals surface area contributed by atoms with E-state index in [2.05, 4.69) is 15.3 Å². The number of hydrogen-bond acceptors (Lipinski definition) is 3.